The second kappa shape index (κ2) is 5.84. The molecule has 0 N–H and O–H groups in total. The molecule has 0 saturated carbocycles. The van der Waals surface area contributed by atoms with E-state index in [9.17, 15) is 13.2 Å². The summed E-state index contributed by atoms with van der Waals surface area (Å²) < 4.78 is 36.1. The predicted octanol–water partition coefficient (Wildman–Crippen LogP) is 2.92. The number of rotatable bonds is 5. The Hall–Kier alpha value is -0.330. The lowest BCUT2D eigenvalue weighted by Crippen LogP contribution is -2.32. The smallest absolute Gasteiger partial charge is 0.298 e. The molecule has 0 saturated heterocycles. The van der Waals surface area contributed by atoms with E-state index in [1.807, 2.05) is 5.38 Å². The number of hydrogen-bond donors (Lipinski definition) is 0. The number of alkyl halides is 4. The Bertz CT molecular complexity index is 327. The Morgan fingerprint density at radius 3 is 2.69 bits per heavy atom. The van der Waals surface area contributed by atoms with Crippen molar-refractivity contribution >= 4 is 22.9 Å². The highest BCUT2D eigenvalue weighted by Crippen LogP contribution is 2.16. The van der Waals surface area contributed by atoms with Gasteiger partial charge in [-0.05, 0) is 7.05 Å². The normalized spacial score (nSPS) is 12.4. The van der Waals surface area contributed by atoms with Crippen LogP contribution in [0, 0.1) is 0 Å². The van der Waals surface area contributed by atoms with Crippen LogP contribution in [0.4, 0.5) is 13.2 Å². The molecule has 7 heteroatoms. The third-order valence-electron chi connectivity index (χ3n) is 1.89. The van der Waals surface area contributed by atoms with Gasteiger partial charge in [-0.15, -0.1) is 22.9 Å². The molecule has 0 bridgehead atoms. The van der Waals surface area contributed by atoms with Crippen molar-refractivity contribution < 1.29 is 13.2 Å². The zero-order valence-electron chi connectivity index (χ0n) is 8.72. The molecule has 0 aromatic carbocycles. The minimum absolute atomic E-state index is 0.342. The first kappa shape index (κ1) is 13.7. The van der Waals surface area contributed by atoms with E-state index in [-0.39, 0.29) is 0 Å². The maximum Gasteiger partial charge on any atom is 0.401 e. The Morgan fingerprint density at radius 2 is 2.19 bits per heavy atom. The Balaban J connectivity index is 2.34. The molecule has 2 nitrogen and oxygen atoms in total. The minimum atomic E-state index is -4.14. The fraction of sp³-hybridized carbons (Fsp3) is 0.667. The van der Waals surface area contributed by atoms with Crippen molar-refractivity contribution in [3.8, 4) is 0 Å². The average Bonchev–Trinajstić information content (AvgIpc) is 2.59. The monoisotopic (exact) mass is 272 g/mol. The number of halogens is 4. The summed E-state index contributed by atoms with van der Waals surface area (Å²) in [7, 11) is 1.45. The van der Waals surface area contributed by atoms with Gasteiger partial charge in [-0.3, -0.25) is 4.90 Å². The standard InChI is InChI=1S/C9H12ClF3N2S/c1-15(6-9(11,12)13)3-2-8-14-7(4-10)5-16-8/h5H,2-4,6H2,1H3. The SMILES string of the molecule is CN(CCc1nc(CCl)cs1)CC(F)(F)F. The van der Waals surface area contributed by atoms with Gasteiger partial charge < -0.3 is 0 Å². The zero-order valence-corrected chi connectivity index (χ0v) is 10.3. The zero-order chi connectivity index (χ0) is 12.2. The van der Waals surface area contributed by atoms with Gasteiger partial charge in [-0.2, -0.15) is 13.2 Å². The summed E-state index contributed by atoms with van der Waals surface area (Å²) in [4.78, 5) is 5.41. The molecule has 0 fully saturated rings. The van der Waals surface area contributed by atoms with Crippen molar-refractivity contribution in [2.45, 2.75) is 18.5 Å². The van der Waals surface area contributed by atoms with E-state index in [4.69, 9.17) is 11.6 Å². The summed E-state index contributed by atoms with van der Waals surface area (Å²) in [6.07, 6.45) is -3.62. The van der Waals surface area contributed by atoms with Gasteiger partial charge in [0.2, 0.25) is 0 Å². The molecule has 0 unspecified atom stereocenters. The van der Waals surface area contributed by atoms with Gasteiger partial charge in [0.05, 0.1) is 23.1 Å². The summed E-state index contributed by atoms with van der Waals surface area (Å²) in [6, 6.07) is 0. The summed E-state index contributed by atoms with van der Waals surface area (Å²) in [6.45, 7) is -0.546. The van der Waals surface area contributed by atoms with Gasteiger partial charge in [0, 0.05) is 18.3 Å². The van der Waals surface area contributed by atoms with Crippen molar-refractivity contribution in [2.75, 3.05) is 20.1 Å². The second-order valence-corrected chi connectivity index (χ2v) is 4.68. The van der Waals surface area contributed by atoms with E-state index in [1.54, 1.807) is 0 Å². The average molecular weight is 273 g/mol. The second-order valence-electron chi connectivity index (χ2n) is 3.47. The van der Waals surface area contributed by atoms with Gasteiger partial charge >= 0.3 is 6.18 Å². The molecule has 0 aliphatic heterocycles. The summed E-state index contributed by atoms with van der Waals surface area (Å²) >= 11 is 7.01. The number of thiazole rings is 1. The molecule has 0 atom stereocenters. The van der Waals surface area contributed by atoms with E-state index in [0.29, 0.717) is 18.8 Å². The van der Waals surface area contributed by atoms with Crippen LogP contribution in [-0.2, 0) is 12.3 Å². The molecule has 0 spiro atoms. The van der Waals surface area contributed by atoms with Crippen LogP contribution in [-0.4, -0.2) is 36.2 Å². The first-order valence-electron chi connectivity index (χ1n) is 4.65. The van der Waals surface area contributed by atoms with Gasteiger partial charge in [0.15, 0.2) is 0 Å². The Morgan fingerprint density at radius 1 is 1.50 bits per heavy atom. The molecular formula is C9H12ClF3N2S. The lowest BCUT2D eigenvalue weighted by atomic mass is 10.4. The molecule has 0 aliphatic rings. The van der Waals surface area contributed by atoms with Crippen LogP contribution in [0.25, 0.3) is 0 Å². The van der Waals surface area contributed by atoms with Gasteiger partial charge in [0.25, 0.3) is 0 Å². The topological polar surface area (TPSA) is 16.1 Å². The van der Waals surface area contributed by atoms with Crippen molar-refractivity contribution in [1.29, 1.82) is 0 Å². The van der Waals surface area contributed by atoms with Crippen LogP contribution in [0.5, 0.6) is 0 Å². The molecule has 1 rings (SSSR count). The third kappa shape index (κ3) is 5.14. The van der Waals surface area contributed by atoms with Crippen molar-refractivity contribution in [2.24, 2.45) is 0 Å². The van der Waals surface area contributed by atoms with Crippen LogP contribution in [0.15, 0.2) is 5.38 Å². The first-order chi connectivity index (χ1) is 7.40. The quantitative estimate of drug-likeness (QED) is 0.766. The minimum Gasteiger partial charge on any atom is -0.298 e. The van der Waals surface area contributed by atoms with Crippen LogP contribution < -0.4 is 0 Å². The van der Waals surface area contributed by atoms with E-state index < -0.39 is 12.7 Å². The van der Waals surface area contributed by atoms with Crippen LogP contribution >= 0.6 is 22.9 Å². The fourth-order valence-corrected chi connectivity index (χ4v) is 2.21. The number of aromatic nitrogens is 1. The van der Waals surface area contributed by atoms with Crippen molar-refractivity contribution in [1.82, 2.24) is 9.88 Å². The molecule has 1 aromatic rings. The predicted molar refractivity (Wildman–Crippen MR) is 58.9 cm³/mol. The highest BCUT2D eigenvalue weighted by Gasteiger charge is 2.28. The van der Waals surface area contributed by atoms with Crippen LogP contribution in [0.1, 0.15) is 10.7 Å². The molecule has 0 amide bonds. The van der Waals surface area contributed by atoms with Gasteiger partial charge in [-0.25, -0.2) is 4.98 Å². The molecule has 0 aliphatic carbocycles. The molecule has 16 heavy (non-hydrogen) atoms. The maximum atomic E-state index is 12.0. The summed E-state index contributed by atoms with van der Waals surface area (Å²) in [5, 5.41) is 2.65. The van der Waals surface area contributed by atoms with Crippen molar-refractivity contribution in [3.05, 3.63) is 16.1 Å². The number of nitrogens with zero attached hydrogens (tertiary/aromatic N) is 2. The third-order valence-corrected chi connectivity index (χ3v) is 3.12. The highest BCUT2D eigenvalue weighted by molar-refractivity contribution is 7.09. The fourth-order valence-electron chi connectivity index (χ4n) is 1.20. The Labute approximate surface area is 101 Å². The van der Waals surface area contributed by atoms with Crippen LogP contribution in [0.3, 0.4) is 0 Å². The maximum absolute atomic E-state index is 12.0. The molecular weight excluding hydrogens is 261 g/mol. The molecule has 92 valence electrons. The van der Waals surface area contributed by atoms with Gasteiger partial charge in [0.1, 0.15) is 0 Å². The van der Waals surface area contributed by atoms with E-state index in [2.05, 4.69) is 4.98 Å². The number of hydrogen-bond acceptors (Lipinski definition) is 3. The van der Waals surface area contributed by atoms with E-state index in [0.717, 1.165) is 10.7 Å². The van der Waals surface area contributed by atoms with E-state index in [1.165, 1.54) is 23.3 Å². The van der Waals surface area contributed by atoms with Gasteiger partial charge in [-0.1, -0.05) is 0 Å². The Kier molecular flexibility index (Phi) is 5.01. The molecule has 1 heterocycles. The lowest BCUT2D eigenvalue weighted by molar-refractivity contribution is -0.142. The summed E-state index contributed by atoms with van der Waals surface area (Å²) in [5.41, 5.74) is 0.778. The summed E-state index contributed by atoms with van der Waals surface area (Å²) in [5.74, 6) is 0.342. The number of likely N-dealkylation sites (N-methyl/N-ethyl adjacent to an activating group) is 1. The van der Waals surface area contributed by atoms with Crippen LogP contribution in [0.2, 0.25) is 0 Å². The molecule has 0 radical (unpaired) electrons. The molecule has 1 aromatic heterocycles. The van der Waals surface area contributed by atoms with E-state index >= 15 is 0 Å². The largest absolute Gasteiger partial charge is 0.401 e. The lowest BCUT2D eigenvalue weighted by Gasteiger charge is -2.17. The first-order valence-corrected chi connectivity index (χ1v) is 6.06. The highest BCUT2D eigenvalue weighted by atomic mass is 35.5. The van der Waals surface area contributed by atoms with Crippen molar-refractivity contribution in [3.63, 3.8) is 0 Å².